The fourth-order valence-corrected chi connectivity index (χ4v) is 2.00. The highest BCUT2D eigenvalue weighted by atomic mass is 32.1. The fourth-order valence-electron chi connectivity index (χ4n) is 1.39. The molecule has 0 amide bonds. The molecule has 0 bridgehead atoms. The van der Waals surface area contributed by atoms with Crippen LogP contribution in [-0.4, -0.2) is 14.6 Å². The molecule has 0 atom stereocenters. The number of hydrogen-bond donors (Lipinski definition) is 1. The van der Waals surface area contributed by atoms with Gasteiger partial charge in [-0.15, -0.1) is 5.10 Å². The lowest BCUT2D eigenvalue weighted by Gasteiger charge is -1.90. The highest BCUT2D eigenvalue weighted by Gasteiger charge is 2.03. The predicted molar refractivity (Wildman–Crippen MR) is 66.8 cm³/mol. The van der Waals surface area contributed by atoms with Crippen LogP contribution < -0.4 is 0 Å². The second-order valence-electron chi connectivity index (χ2n) is 3.62. The number of benzene rings is 1. The van der Waals surface area contributed by atoms with E-state index in [2.05, 4.69) is 52.7 Å². The van der Waals surface area contributed by atoms with E-state index in [4.69, 9.17) is 0 Å². The molecule has 4 heteroatoms. The van der Waals surface area contributed by atoms with Gasteiger partial charge in [0.25, 0.3) is 0 Å². The Hall–Kier alpha value is -1.68. The lowest BCUT2D eigenvalue weighted by molar-refractivity contribution is 1.10. The quantitative estimate of drug-likeness (QED) is 0.645. The molecule has 2 aliphatic rings. The number of aromatic amines is 1. The number of rotatable bonds is 0. The minimum Gasteiger partial charge on any atom is -0.316 e. The lowest BCUT2D eigenvalue weighted by atomic mass is 10.2. The van der Waals surface area contributed by atoms with Crippen LogP contribution in [0.1, 0.15) is 11.1 Å². The number of fused-ring (bicyclic) bond motifs is 1. The minimum atomic E-state index is 0.954. The van der Waals surface area contributed by atoms with Crippen molar-refractivity contribution >= 4 is 11.5 Å². The first kappa shape index (κ1) is 10.8. The van der Waals surface area contributed by atoms with Gasteiger partial charge in [-0.2, -0.15) is 5.10 Å². The van der Waals surface area contributed by atoms with Gasteiger partial charge in [-0.05, 0) is 13.8 Å². The normalized spacial score (nSPS) is 9.88. The second-order valence-corrected chi connectivity index (χ2v) is 4.50. The number of hydrogen-bond acceptors (Lipinski definition) is 3. The van der Waals surface area contributed by atoms with Crippen molar-refractivity contribution < 1.29 is 0 Å². The van der Waals surface area contributed by atoms with Gasteiger partial charge in [0.2, 0.25) is 0 Å². The molecular formula is C12H13N3S. The maximum Gasteiger partial charge on any atom is 0.123 e. The van der Waals surface area contributed by atoms with Gasteiger partial charge >= 0.3 is 0 Å². The van der Waals surface area contributed by atoms with Gasteiger partial charge in [-0.25, -0.2) is 0 Å². The first-order valence-corrected chi connectivity index (χ1v) is 5.84. The molecule has 0 spiro atoms. The smallest absolute Gasteiger partial charge is 0.123 e. The van der Waals surface area contributed by atoms with E-state index >= 15 is 0 Å². The molecule has 82 valence electrons. The van der Waals surface area contributed by atoms with Crippen molar-refractivity contribution in [2.75, 3.05) is 0 Å². The van der Waals surface area contributed by atoms with Crippen LogP contribution in [0.5, 0.6) is 0 Å². The molecule has 0 radical (unpaired) electrons. The van der Waals surface area contributed by atoms with E-state index < -0.39 is 0 Å². The third-order valence-electron chi connectivity index (χ3n) is 2.13. The first-order valence-electron chi connectivity index (χ1n) is 5.03. The number of aromatic nitrogens is 3. The highest BCUT2D eigenvalue weighted by molar-refractivity contribution is 7.09. The third-order valence-corrected chi connectivity index (χ3v) is 2.90. The molecular weight excluding hydrogens is 218 g/mol. The zero-order valence-electron chi connectivity index (χ0n) is 9.27. The first-order chi connectivity index (χ1) is 7.75. The number of aryl methyl sites for hydroxylation is 2. The topological polar surface area (TPSA) is 41.6 Å². The molecule has 0 aliphatic carbocycles. The molecule has 16 heavy (non-hydrogen) atoms. The van der Waals surface area contributed by atoms with E-state index in [1.807, 2.05) is 6.20 Å². The summed E-state index contributed by atoms with van der Waals surface area (Å²) in [6, 6.07) is 8.45. The fraction of sp³-hybridized carbons (Fsp3) is 0.167. The van der Waals surface area contributed by atoms with E-state index in [0.29, 0.717) is 0 Å². The summed E-state index contributed by atoms with van der Waals surface area (Å²) in [6.07, 6.45) is 3.59. The summed E-state index contributed by atoms with van der Waals surface area (Å²) in [5, 5.41) is 7.51. The van der Waals surface area contributed by atoms with Crippen LogP contribution in [0.25, 0.3) is 10.6 Å². The molecule has 2 heterocycles. The predicted octanol–water partition coefficient (Wildman–Crippen LogP) is 3.27. The summed E-state index contributed by atoms with van der Waals surface area (Å²) in [4.78, 5) is 1.12. The SMILES string of the molecule is Cc1cccc(C)c1.c1[nH]sc2cnnc1-2. The Morgan fingerprint density at radius 3 is 2.50 bits per heavy atom. The van der Waals surface area contributed by atoms with E-state index in [0.717, 1.165) is 10.6 Å². The summed E-state index contributed by atoms with van der Waals surface area (Å²) < 4.78 is 2.96. The molecule has 0 aromatic heterocycles. The molecule has 1 aromatic carbocycles. The minimum absolute atomic E-state index is 0.954. The largest absolute Gasteiger partial charge is 0.316 e. The van der Waals surface area contributed by atoms with Gasteiger partial charge in [-0.3, -0.25) is 0 Å². The summed E-state index contributed by atoms with van der Waals surface area (Å²) in [7, 11) is 0. The molecule has 0 fully saturated rings. The van der Waals surface area contributed by atoms with Gasteiger partial charge in [0.1, 0.15) is 5.69 Å². The zero-order chi connectivity index (χ0) is 11.4. The van der Waals surface area contributed by atoms with Gasteiger partial charge in [0, 0.05) is 6.20 Å². The van der Waals surface area contributed by atoms with Crippen molar-refractivity contribution in [3.8, 4) is 10.6 Å². The average Bonchev–Trinajstić information content (AvgIpc) is 2.78. The van der Waals surface area contributed by atoms with Crippen LogP contribution in [0.2, 0.25) is 0 Å². The van der Waals surface area contributed by atoms with Crippen LogP contribution in [0.15, 0.2) is 36.7 Å². The van der Waals surface area contributed by atoms with E-state index in [9.17, 15) is 0 Å². The van der Waals surface area contributed by atoms with Crippen LogP contribution in [0.4, 0.5) is 0 Å². The van der Waals surface area contributed by atoms with Crippen molar-refractivity contribution in [1.29, 1.82) is 0 Å². The second kappa shape index (κ2) is 4.90. The van der Waals surface area contributed by atoms with Crippen molar-refractivity contribution in [2.24, 2.45) is 0 Å². The van der Waals surface area contributed by atoms with Crippen LogP contribution in [0.3, 0.4) is 0 Å². The van der Waals surface area contributed by atoms with Gasteiger partial charge in [-0.1, -0.05) is 46.9 Å². The van der Waals surface area contributed by atoms with Crippen LogP contribution in [0, 0.1) is 13.8 Å². The Balaban J connectivity index is 0.000000120. The van der Waals surface area contributed by atoms with E-state index in [-0.39, 0.29) is 0 Å². The van der Waals surface area contributed by atoms with Gasteiger partial charge < -0.3 is 4.37 Å². The number of nitrogens with zero attached hydrogens (tertiary/aromatic N) is 2. The maximum absolute atomic E-state index is 3.81. The summed E-state index contributed by atoms with van der Waals surface area (Å²) in [5.74, 6) is 0. The van der Waals surface area contributed by atoms with Crippen molar-refractivity contribution in [1.82, 2.24) is 14.6 Å². The van der Waals surface area contributed by atoms with Crippen molar-refractivity contribution in [3.05, 3.63) is 47.8 Å². The lowest BCUT2D eigenvalue weighted by Crippen LogP contribution is -1.71. The third kappa shape index (κ3) is 2.67. The Morgan fingerprint density at radius 2 is 1.94 bits per heavy atom. The molecule has 1 aromatic rings. The van der Waals surface area contributed by atoms with Gasteiger partial charge in [0.15, 0.2) is 0 Å². The van der Waals surface area contributed by atoms with E-state index in [1.165, 1.54) is 11.1 Å². The Labute approximate surface area is 98.7 Å². The number of H-pyrrole nitrogens is 1. The van der Waals surface area contributed by atoms with Gasteiger partial charge in [0.05, 0.1) is 11.1 Å². The molecule has 0 saturated heterocycles. The van der Waals surface area contributed by atoms with Crippen molar-refractivity contribution in [2.45, 2.75) is 13.8 Å². The van der Waals surface area contributed by atoms with Crippen LogP contribution in [-0.2, 0) is 0 Å². The Morgan fingerprint density at radius 1 is 1.19 bits per heavy atom. The number of nitrogens with one attached hydrogen (secondary N) is 1. The highest BCUT2D eigenvalue weighted by Crippen LogP contribution is 2.20. The maximum atomic E-state index is 3.81. The molecule has 2 aliphatic heterocycles. The molecule has 3 nitrogen and oxygen atoms in total. The Bertz CT molecular complexity index is 464. The summed E-state index contributed by atoms with van der Waals surface area (Å²) in [5.41, 5.74) is 3.63. The van der Waals surface area contributed by atoms with Crippen LogP contribution >= 0.6 is 11.5 Å². The van der Waals surface area contributed by atoms with E-state index in [1.54, 1.807) is 17.7 Å². The standard InChI is InChI=1S/C8H10.C4H3N3S/c1-7-4-3-5-8(2)6-7;1-3-4(8-6-1)2-5-7-3/h3-6H,1-2H3;1-2,6H. The van der Waals surface area contributed by atoms with Crippen molar-refractivity contribution in [3.63, 3.8) is 0 Å². The molecule has 3 rings (SSSR count). The monoisotopic (exact) mass is 231 g/mol. The zero-order valence-corrected chi connectivity index (χ0v) is 10.1. The summed E-state index contributed by atoms with van der Waals surface area (Å²) >= 11 is 1.54. The average molecular weight is 231 g/mol. The molecule has 1 N–H and O–H groups in total. The Kier molecular flexibility index (Phi) is 3.31. The molecule has 0 unspecified atom stereocenters. The summed E-state index contributed by atoms with van der Waals surface area (Å²) in [6.45, 7) is 4.21. The molecule has 0 saturated carbocycles.